The molecule has 7 heteroatoms. The molecule has 0 aromatic heterocycles. The molecule has 174 valence electrons. The molecule has 3 aromatic rings. The Labute approximate surface area is 197 Å². The van der Waals surface area contributed by atoms with Crippen molar-refractivity contribution >= 4 is 28.8 Å². The van der Waals surface area contributed by atoms with E-state index in [1.165, 1.54) is 18.2 Å². The number of carbonyl (C=O) groups is 2. The van der Waals surface area contributed by atoms with Gasteiger partial charge >= 0.3 is 0 Å². The van der Waals surface area contributed by atoms with E-state index in [1.54, 1.807) is 54.6 Å². The van der Waals surface area contributed by atoms with Gasteiger partial charge in [0, 0.05) is 5.69 Å². The number of nitrogens with zero attached hydrogens (tertiary/aromatic N) is 1. The molecule has 2 amide bonds. The van der Waals surface area contributed by atoms with Gasteiger partial charge in [0.25, 0.3) is 11.8 Å². The lowest BCUT2D eigenvalue weighted by Gasteiger charge is -2.16. The van der Waals surface area contributed by atoms with Gasteiger partial charge < -0.3 is 14.8 Å². The zero-order valence-corrected chi connectivity index (χ0v) is 19.2. The first-order valence-electron chi connectivity index (χ1n) is 11.0. The summed E-state index contributed by atoms with van der Waals surface area (Å²) < 4.78 is 25.7. The minimum Gasteiger partial charge on any atom is -0.494 e. The highest BCUT2D eigenvalue weighted by molar-refractivity contribution is 6.46. The molecule has 6 nitrogen and oxygen atoms in total. The molecule has 3 aromatic carbocycles. The van der Waals surface area contributed by atoms with Crippen LogP contribution >= 0.6 is 0 Å². The molecule has 0 atom stereocenters. The second-order valence-corrected chi connectivity index (χ2v) is 7.92. The summed E-state index contributed by atoms with van der Waals surface area (Å²) in [6.07, 6.45) is 0.0242. The van der Waals surface area contributed by atoms with Crippen LogP contribution in [0, 0.1) is 5.82 Å². The fourth-order valence-corrected chi connectivity index (χ4v) is 3.68. The fraction of sp³-hybridized carbons (Fsp3) is 0.185. The average Bonchev–Trinajstić information content (AvgIpc) is 3.05. The zero-order chi connectivity index (χ0) is 24.2. The topological polar surface area (TPSA) is 67.9 Å². The van der Waals surface area contributed by atoms with Crippen LogP contribution in [-0.4, -0.2) is 24.5 Å². The number of anilines is 2. The smallest absolute Gasteiger partial charge is 0.282 e. The lowest BCUT2D eigenvalue weighted by atomic mass is 10.0. The maximum absolute atomic E-state index is 14.5. The summed E-state index contributed by atoms with van der Waals surface area (Å²) in [4.78, 5) is 27.7. The van der Waals surface area contributed by atoms with Crippen LogP contribution in [0.1, 0.15) is 26.3 Å². The molecule has 1 heterocycles. The average molecular weight is 461 g/mol. The van der Waals surface area contributed by atoms with Gasteiger partial charge in [-0.3, -0.25) is 9.59 Å². The molecule has 0 saturated heterocycles. The second-order valence-electron chi connectivity index (χ2n) is 7.92. The lowest BCUT2D eigenvalue weighted by Crippen LogP contribution is -2.33. The Morgan fingerprint density at radius 2 is 1.53 bits per heavy atom. The zero-order valence-electron chi connectivity index (χ0n) is 19.2. The van der Waals surface area contributed by atoms with Gasteiger partial charge in [-0.05, 0) is 74.9 Å². The molecular weight excluding hydrogens is 435 g/mol. The molecule has 0 fully saturated rings. The van der Waals surface area contributed by atoms with Crippen molar-refractivity contribution < 1.29 is 23.5 Å². The predicted octanol–water partition coefficient (Wildman–Crippen LogP) is 5.41. The van der Waals surface area contributed by atoms with E-state index in [-0.39, 0.29) is 23.1 Å². The SMILES string of the molecule is CCOc1ccc(C2=C(Nc3ccc(OC(C)C)cc3)C(=O)N(c3ccccc3F)C2=O)cc1. The highest BCUT2D eigenvalue weighted by atomic mass is 19.1. The van der Waals surface area contributed by atoms with Gasteiger partial charge in [0.15, 0.2) is 0 Å². The quantitative estimate of drug-likeness (QED) is 0.456. The Hall–Kier alpha value is -4.13. The maximum Gasteiger partial charge on any atom is 0.282 e. The first-order valence-corrected chi connectivity index (χ1v) is 11.0. The molecule has 34 heavy (non-hydrogen) atoms. The Morgan fingerprint density at radius 3 is 2.15 bits per heavy atom. The molecule has 0 aliphatic carbocycles. The Bertz CT molecular complexity index is 1230. The van der Waals surface area contributed by atoms with Gasteiger partial charge in [0.2, 0.25) is 0 Å². The standard InChI is InChI=1S/C27H25FN2O4/c1-4-33-20-13-9-18(10-14-20)24-25(29-19-11-15-21(16-12-19)34-17(2)3)27(32)30(26(24)31)23-8-6-5-7-22(23)28/h5-17,29H,4H2,1-3H3. The third kappa shape index (κ3) is 4.64. The molecule has 1 aliphatic rings. The number of hydrogen-bond donors (Lipinski definition) is 1. The van der Waals surface area contributed by atoms with Gasteiger partial charge in [-0.25, -0.2) is 9.29 Å². The van der Waals surface area contributed by atoms with Crippen LogP contribution in [0.3, 0.4) is 0 Å². The number of imide groups is 1. The molecule has 0 saturated carbocycles. The van der Waals surface area contributed by atoms with Gasteiger partial charge in [-0.1, -0.05) is 24.3 Å². The second kappa shape index (κ2) is 9.79. The highest BCUT2D eigenvalue weighted by Gasteiger charge is 2.41. The van der Waals surface area contributed by atoms with E-state index in [9.17, 15) is 14.0 Å². The van der Waals surface area contributed by atoms with Crippen LogP contribution in [0.5, 0.6) is 11.5 Å². The number of ether oxygens (including phenoxy) is 2. The van der Waals surface area contributed by atoms with E-state index >= 15 is 0 Å². The third-order valence-corrected chi connectivity index (χ3v) is 5.13. The largest absolute Gasteiger partial charge is 0.494 e. The van der Waals surface area contributed by atoms with E-state index in [0.29, 0.717) is 29.4 Å². The fourth-order valence-electron chi connectivity index (χ4n) is 3.68. The van der Waals surface area contributed by atoms with Gasteiger partial charge in [-0.2, -0.15) is 0 Å². The maximum atomic E-state index is 14.5. The summed E-state index contributed by atoms with van der Waals surface area (Å²) in [5, 5.41) is 3.07. The van der Waals surface area contributed by atoms with E-state index in [0.717, 1.165) is 4.90 Å². The van der Waals surface area contributed by atoms with Crippen LogP contribution < -0.4 is 19.7 Å². The minimum atomic E-state index is -0.660. The molecule has 1 N–H and O–H groups in total. The number of para-hydroxylation sites is 1. The Balaban J connectivity index is 1.74. The van der Waals surface area contributed by atoms with Crippen molar-refractivity contribution in [2.24, 2.45) is 0 Å². The van der Waals surface area contributed by atoms with Crippen LogP contribution in [-0.2, 0) is 9.59 Å². The van der Waals surface area contributed by atoms with Crippen molar-refractivity contribution in [3.63, 3.8) is 0 Å². The Kier molecular flexibility index (Phi) is 6.63. The highest BCUT2D eigenvalue weighted by Crippen LogP contribution is 2.35. The first kappa shape index (κ1) is 23.0. The van der Waals surface area contributed by atoms with E-state index in [4.69, 9.17) is 9.47 Å². The Morgan fingerprint density at radius 1 is 0.882 bits per heavy atom. The lowest BCUT2D eigenvalue weighted by molar-refractivity contribution is -0.120. The van der Waals surface area contributed by atoms with E-state index in [2.05, 4.69) is 5.32 Å². The first-order chi connectivity index (χ1) is 16.4. The summed E-state index contributed by atoms with van der Waals surface area (Å²) in [6, 6.07) is 19.6. The van der Waals surface area contributed by atoms with Crippen LogP contribution in [0.15, 0.2) is 78.5 Å². The van der Waals surface area contributed by atoms with Crippen molar-refractivity contribution in [3.05, 3.63) is 89.9 Å². The summed E-state index contributed by atoms with van der Waals surface area (Å²) in [6.45, 7) is 6.24. The molecule has 0 spiro atoms. The normalized spacial score (nSPS) is 13.6. The van der Waals surface area contributed by atoms with Crippen molar-refractivity contribution in [3.8, 4) is 11.5 Å². The number of rotatable bonds is 8. The number of nitrogens with one attached hydrogen (secondary N) is 1. The van der Waals surface area contributed by atoms with Crippen LogP contribution in [0.2, 0.25) is 0 Å². The van der Waals surface area contributed by atoms with Crippen molar-refractivity contribution in [1.29, 1.82) is 0 Å². The summed E-state index contributed by atoms with van der Waals surface area (Å²) in [5.74, 6) is -0.581. The molecule has 1 aliphatic heterocycles. The van der Waals surface area contributed by atoms with Gasteiger partial charge in [0.05, 0.1) is 24.0 Å². The van der Waals surface area contributed by atoms with Gasteiger partial charge in [0.1, 0.15) is 23.0 Å². The summed E-state index contributed by atoms with van der Waals surface area (Å²) in [7, 11) is 0. The third-order valence-electron chi connectivity index (χ3n) is 5.13. The van der Waals surface area contributed by atoms with Crippen LogP contribution in [0.25, 0.3) is 5.57 Å². The van der Waals surface area contributed by atoms with Crippen LogP contribution in [0.4, 0.5) is 15.8 Å². The molecule has 4 rings (SSSR count). The van der Waals surface area contributed by atoms with Crippen molar-refractivity contribution in [2.75, 3.05) is 16.8 Å². The van der Waals surface area contributed by atoms with E-state index < -0.39 is 17.6 Å². The van der Waals surface area contributed by atoms with Crippen molar-refractivity contribution in [2.45, 2.75) is 26.9 Å². The molecule has 0 unspecified atom stereocenters. The number of benzene rings is 3. The minimum absolute atomic E-state index is 0.0242. The number of halogens is 1. The van der Waals surface area contributed by atoms with Gasteiger partial charge in [-0.15, -0.1) is 0 Å². The van der Waals surface area contributed by atoms with E-state index in [1.807, 2.05) is 20.8 Å². The summed E-state index contributed by atoms with van der Waals surface area (Å²) in [5.41, 5.74) is 1.22. The molecular formula is C27H25FN2O4. The molecule has 0 bridgehead atoms. The number of hydrogen-bond acceptors (Lipinski definition) is 5. The monoisotopic (exact) mass is 460 g/mol. The predicted molar refractivity (Wildman–Crippen MR) is 129 cm³/mol. The number of amides is 2. The molecule has 0 radical (unpaired) electrons. The van der Waals surface area contributed by atoms with Crippen molar-refractivity contribution in [1.82, 2.24) is 0 Å². The summed E-state index contributed by atoms with van der Waals surface area (Å²) >= 11 is 0. The number of carbonyl (C=O) groups excluding carboxylic acids is 2.